The molecule has 106 valence electrons. The summed E-state index contributed by atoms with van der Waals surface area (Å²) in [6.07, 6.45) is -4.73. The molecule has 2 nitrogen and oxygen atoms in total. The molecule has 0 unspecified atom stereocenters. The van der Waals surface area contributed by atoms with Crippen LogP contribution in [0.2, 0.25) is 0 Å². The van der Waals surface area contributed by atoms with Crippen LogP contribution in [0.4, 0.5) is 17.6 Å². The first kappa shape index (κ1) is 14.2. The number of ether oxygens (including phenoxy) is 2. The van der Waals surface area contributed by atoms with Crippen LogP contribution in [0.5, 0.6) is 11.5 Å². The highest BCUT2D eigenvalue weighted by atomic mass is 19.4. The third kappa shape index (κ3) is 3.63. The van der Waals surface area contributed by atoms with E-state index < -0.39 is 12.2 Å². The monoisotopic (exact) mass is 286 g/mol. The maximum atomic E-state index is 13.3. The third-order valence-corrected chi connectivity index (χ3v) is 2.53. The van der Waals surface area contributed by atoms with Gasteiger partial charge in [-0.2, -0.15) is 0 Å². The van der Waals surface area contributed by atoms with Gasteiger partial charge in [0.05, 0.1) is 7.11 Å². The van der Waals surface area contributed by atoms with Gasteiger partial charge >= 0.3 is 6.36 Å². The lowest BCUT2D eigenvalue weighted by atomic mass is 10.1. The SMILES string of the molecule is COc1cc(F)cc(-c2ccc(OC(F)(F)F)cc2)c1. The van der Waals surface area contributed by atoms with Crippen LogP contribution in [0.25, 0.3) is 11.1 Å². The van der Waals surface area contributed by atoms with Crippen molar-refractivity contribution >= 4 is 0 Å². The van der Waals surface area contributed by atoms with Gasteiger partial charge in [0.25, 0.3) is 0 Å². The van der Waals surface area contributed by atoms with Gasteiger partial charge in [-0.05, 0) is 35.4 Å². The van der Waals surface area contributed by atoms with Crippen LogP contribution in [-0.4, -0.2) is 13.5 Å². The van der Waals surface area contributed by atoms with E-state index >= 15 is 0 Å². The quantitative estimate of drug-likeness (QED) is 0.779. The first-order chi connectivity index (χ1) is 9.37. The Morgan fingerprint density at radius 3 is 2.05 bits per heavy atom. The molecule has 2 rings (SSSR count). The van der Waals surface area contributed by atoms with Crippen molar-refractivity contribution in [3.63, 3.8) is 0 Å². The van der Waals surface area contributed by atoms with Gasteiger partial charge in [-0.25, -0.2) is 4.39 Å². The van der Waals surface area contributed by atoms with E-state index in [2.05, 4.69) is 4.74 Å². The van der Waals surface area contributed by atoms with Crippen LogP contribution in [0.1, 0.15) is 0 Å². The van der Waals surface area contributed by atoms with Gasteiger partial charge in [0.1, 0.15) is 17.3 Å². The van der Waals surface area contributed by atoms with Crippen molar-refractivity contribution in [2.24, 2.45) is 0 Å². The topological polar surface area (TPSA) is 18.5 Å². The summed E-state index contributed by atoms with van der Waals surface area (Å²) < 4.78 is 58.1. The first-order valence-electron chi connectivity index (χ1n) is 5.58. The van der Waals surface area contributed by atoms with Crippen LogP contribution in [-0.2, 0) is 0 Å². The zero-order valence-electron chi connectivity index (χ0n) is 10.4. The molecule has 0 bridgehead atoms. The Balaban J connectivity index is 2.28. The summed E-state index contributed by atoms with van der Waals surface area (Å²) in [6, 6.07) is 9.22. The van der Waals surface area contributed by atoms with Crippen molar-refractivity contribution in [2.75, 3.05) is 7.11 Å². The minimum atomic E-state index is -4.73. The lowest BCUT2D eigenvalue weighted by Crippen LogP contribution is -2.16. The Morgan fingerprint density at radius 2 is 1.50 bits per heavy atom. The zero-order valence-corrected chi connectivity index (χ0v) is 10.4. The number of hydrogen-bond acceptors (Lipinski definition) is 2. The Morgan fingerprint density at radius 1 is 0.850 bits per heavy atom. The molecule has 0 spiro atoms. The molecule has 0 heterocycles. The minimum absolute atomic E-state index is 0.329. The molecule has 0 aliphatic heterocycles. The Labute approximate surface area is 112 Å². The number of alkyl halides is 3. The molecule has 0 atom stereocenters. The van der Waals surface area contributed by atoms with E-state index in [0.717, 1.165) is 0 Å². The maximum absolute atomic E-state index is 13.3. The van der Waals surface area contributed by atoms with Gasteiger partial charge in [0.2, 0.25) is 0 Å². The van der Waals surface area contributed by atoms with E-state index in [-0.39, 0.29) is 5.75 Å². The predicted molar refractivity (Wildman–Crippen MR) is 65.1 cm³/mol. The largest absolute Gasteiger partial charge is 0.573 e. The number of hydrogen-bond donors (Lipinski definition) is 0. The highest BCUT2D eigenvalue weighted by molar-refractivity contribution is 5.65. The fourth-order valence-electron chi connectivity index (χ4n) is 1.70. The number of benzene rings is 2. The average molecular weight is 286 g/mol. The molecule has 0 saturated heterocycles. The summed E-state index contributed by atoms with van der Waals surface area (Å²) in [5.41, 5.74) is 1.05. The van der Waals surface area contributed by atoms with E-state index in [1.165, 1.54) is 43.5 Å². The maximum Gasteiger partial charge on any atom is 0.573 e. The summed E-state index contributed by atoms with van der Waals surface area (Å²) in [5, 5.41) is 0. The number of methoxy groups -OCH3 is 1. The summed E-state index contributed by atoms with van der Waals surface area (Å²) in [7, 11) is 1.40. The van der Waals surface area contributed by atoms with Crippen LogP contribution in [0.15, 0.2) is 42.5 Å². The molecule has 2 aromatic rings. The fourth-order valence-corrected chi connectivity index (χ4v) is 1.70. The molecule has 0 aliphatic carbocycles. The van der Waals surface area contributed by atoms with Gasteiger partial charge in [0.15, 0.2) is 0 Å². The molecule has 0 N–H and O–H groups in total. The van der Waals surface area contributed by atoms with Crippen LogP contribution in [0.3, 0.4) is 0 Å². The molecule has 2 aromatic carbocycles. The second-order valence-electron chi connectivity index (χ2n) is 3.95. The molecule has 20 heavy (non-hydrogen) atoms. The van der Waals surface area contributed by atoms with Crippen molar-refractivity contribution in [3.05, 3.63) is 48.3 Å². The highest BCUT2D eigenvalue weighted by Crippen LogP contribution is 2.29. The fraction of sp³-hybridized carbons (Fsp3) is 0.143. The van der Waals surface area contributed by atoms with Crippen LogP contribution < -0.4 is 9.47 Å². The summed E-state index contributed by atoms with van der Waals surface area (Å²) >= 11 is 0. The molecular formula is C14H10F4O2. The van der Waals surface area contributed by atoms with Crippen molar-refractivity contribution in [1.29, 1.82) is 0 Å². The van der Waals surface area contributed by atoms with Gasteiger partial charge < -0.3 is 9.47 Å². The molecule has 6 heteroatoms. The molecule has 0 fully saturated rings. The summed E-state index contributed by atoms with van der Waals surface area (Å²) in [4.78, 5) is 0. The van der Waals surface area contributed by atoms with Crippen molar-refractivity contribution in [1.82, 2.24) is 0 Å². The van der Waals surface area contributed by atoms with Crippen LogP contribution in [0, 0.1) is 5.82 Å². The van der Waals surface area contributed by atoms with E-state index in [4.69, 9.17) is 4.74 Å². The molecule has 0 amide bonds. The second kappa shape index (κ2) is 5.40. The van der Waals surface area contributed by atoms with E-state index in [1.54, 1.807) is 6.07 Å². The smallest absolute Gasteiger partial charge is 0.497 e. The summed E-state index contributed by atoms with van der Waals surface area (Å²) in [5.74, 6) is -0.491. The van der Waals surface area contributed by atoms with Crippen molar-refractivity contribution in [3.8, 4) is 22.6 Å². The first-order valence-corrected chi connectivity index (χ1v) is 5.58. The minimum Gasteiger partial charge on any atom is -0.497 e. The number of halogens is 4. The normalized spacial score (nSPS) is 11.2. The van der Waals surface area contributed by atoms with Gasteiger partial charge in [-0.3, -0.25) is 0 Å². The molecule has 0 radical (unpaired) electrons. The van der Waals surface area contributed by atoms with Crippen molar-refractivity contribution in [2.45, 2.75) is 6.36 Å². The van der Waals surface area contributed by atoms with Crippen molar-refractivity contribution < 1.29 is 27.0 Å². The Hall–Kier alpha value is -2.24. The van der Waals surface area contributed by atoms with E-state index in [9.17, 15) is 17.6 Å². The van der Waals surface area contributed by atoms with Gasteiger partial charge in [-0.15, -0.1) is 13.2 Å². The zero-order chi connectivity index (χ0) is 14.8. The Bertz CT molecular complexity index is 591. The molecule has 0 aliphatic rings. The standard InChI is InChI=1S/C14H10F4O2/c1-19-13-7-10(6-11(15)8-13)9-2-4-12(5-3-9)20-14(16,17)18/h2-8H,1H3. The lowest BCUT2D eigenvalue weighted by molar-refractivity contribution is -0.274. The average Bonchev–Trinajstić information content (AvgIpc) is 2.37. The predicted octanol–water partition coefficient (Wildman–Crippen LogP) is 4.40. The van der Waals surface area contributed by atoms with Crippen LogP contribution >= 0.6 is 0 Å². The van der Waals surface area contributed by atoms with Gasteiger partial charge in [0, 0.05) is 6.07 Å². The van der Waals surface area contributed by atoms with E-state index in [0.29, 0.717) is 16.9 Å². The molecule has 0 saturated carbocycles. The highest BCUT2D eigenvalue weighted by Gasteiger charge is 2.30. The summed E-state index contributed by atoms with van der Waals surface area (Å²) in [6.45, 7) is 0. The lowest BCUT2D eigenvalue weighted by Gasteiger charge is -2.10. The number of rotatable bonds is 3. The second-order valence-corrected chi connectivity index (χ2v) is 3.95. The Kier molecular flexibility index (Phi) is 3.83. The molecular weight excluding hydrogens is 276 g/mol. The third-order valence-electron chi connectivity index (χ3n) is 2.53. The van der Waals surface area contributed by atoms with Gasteiger partial charge in [-0.1, -0.05) is 12.1 Å². The molecule has 0 aromatic heterocycles. The van der Waals surface area contributed by atoms with E-state index in [1.807, 2.05) is 0 Å².